The highest BCUT2D eigenvalue weighted by atomic mass is 16.2. The highest BCUT2D eigenvalue weighted by molar-refractivity contribution is 5.85. The van der Waals surface area contributed by atoms with Gasteiger partial charge in [-0.2, -0.15) is 0 Å². The van der Waals surface area contributed by atoms with Crippen LogP contribution >= 0.6 is 0 Å². The van der Waals surface area contributed by atoms with Gasteiger partial charge in [0, 0.05) is 44.8 Å². The molecule has 0 aliphatic carbocycles. The molecule has 6 nitrogen and oxygen atoms in total. The minimum atomic E-state index is 0.0856. The smallest absolute Gasteiger partial charge is 0.244 e. The third-order valence-corrected chi connectivity index (χ3v) is 5.41. The molecule has 0 spiro atoms. The Morgan fingerprint density at radius 2 is 1.83 bits per heavy atom. The molecule has 1 amide bonds. The van der Waals surface area contributed by atoms with Gasteiger partial charge in [-0.05, 0) is 58.6 Å². The maximum Gasteiger partial charge on any atom is 0.244 e. The molecule has 2 N–H and O–H groups in total. The molecule has 1 aromatic carbocycles. The summed E-state index contributed by atoms with van der Waals surface area (Å²) in [7, 11) is 0. The van der Waals surface area contributed by atoms with Crippen LogP contribution in [0, 0.1) is 0 Å². The van der Waals surface area contributed by atoms with Gasteiger partial charge in [0.1, 0.15) is 6.54 Å². The number of nitrogens with one attached hydrogen (secondary N) is 2. The Bertz CT molecular complexity index is 663. The molecule has 1 aliphatic rings. The van der Waals surface area contributed by atoms with Gasteiger partial charge in [-0.25, -0.2) is 4.99 Å². The number of carbonyl (C=O) groups excluding carboxylic acids is 1. The molecular weight excluding hydrogens is 362 g/mol. The minimum absolute atomic E-state index is 0.0856. The van der Waals surface area contributed by atoms with Crippen molar-refractivity contribution in [2.24, 2.45) is 4.99 Å². The van der Waals surface area contributed by atoms with E-state index in [2.05, 4.69) is 66.4 Å². The summed E-state index contributed by atoms with van der Waals surface area (Å²) < 4.78 is 0. The number of hydrogen-bond acceptors (Lipinski definition) is 3. The van der Waals surface area contributed by atoms with Crippen LogP contribution in [-0.2, 0) is 17.8 Å². The molecule has 1 aliphatic heterocycles. The summed E-state index contributed by atoms with van der Waals surface area (Å²) in [4.78, 5) is 21.6. The molecule has 0 aromatic heterocycles. The van der Waals surface area contributed by atoms with Gasteiger partial charge < -0.3 is 15.5 Å². The highest BCUT2D eigenvalue weighted by Crippen LogP contribution is 2.18. The Kier molecular flexibility index (Phi) is 9.45. The Morgan fingerprint density at radius 1 is 1.14 bits per heavy atom. The Hall–Kier alpha value is -2.08. The first-order valence-corrected chi connectivity index (χ1v) is 11.0. The van der Waals surface area contributed by atoms with Crippen molar-refractivity contribution in [1.29, 1.82) is 0 Å². The number of benzene rings is 1. The van der Waals surface area contributed by atoms with Crippen molar-refractivity contribution < 1.29 is 4.79 Å². The summed E-state index contributed by atoms with van der Waals surface area (Å²) in [5.74, 6) is 0.807. The molecule has 29 heavy (non-hydrogen) atoms. The van der Waals surface area contributed by atoms with Crippen LogP contribution in [0.25, 0.3) is 0 Å². The lowest BCUT2D eigenvalue weighted by molar-refractivity contribution is -0.130. The lowest BCUT2D eigenvalue weighted by Gasteiger charge is -2.30. The SMILES string of the molecule is CCNC(=NCC(=O)N1CCc2ccccc2C1)NCCCN(C(C)C)C(C)C. The first-order chi connectivity index (χ1) is 13.9. The zero-order valence-electron chi connectivity index (χ0n) is 18.9. The largest absolute Gasteiger partial charge is 0.357 e. The van der Waals surface area contributed by atoms with Crippen molar-refractivity contribution in [2.45, 2.75) is 66.1 Å². The normalized spacial score (nSPS) is 14.5. The van der Waals surface area contributed by atoms with Crippen molar-refractivity contribution in [1.82, 2.24) is 20.4 Å². The van der Waals surface area contributed by atoms with Gasteiger partial charge in [0.15, 0.2) is 5.96 Å². The van der Waals surface area contributed by atoms with Crippen LogP contribution in [0.15, 0.2) is 29.3 Å². The van der Waals surface area contributed by atoms with Gasteiger partial charge in [0.05, 0.1) is 0 Å². The van der Waals surface area contributed by atoms with Gasteiger partial charge in [-0.3, -0.25) is 9.69 Å². The third-order valence-electron chi connectivity index (χ3n) is 5.41. The zero-order chi connectivity index (χ0) is 21.2. The molecular formula is C23H39N5O. The molecule has 0 bridgehead atoms. The fraction of sp³-hybridized carbons (Fsp3) is 0.652. The van der Waals surface area contributed by atoms with Gasteiger partial charge in [-0.1, -0.05) is 24.3 Å². The minimum Gasteiger partial charge on any atom is -0.357 e. The number of nitrogens with zero attached hydrogens (tertiary/aromatic N) is 3. The Morgan fingerprint density at radius 3 is 2.48 bits per heavy atom. The maximum absolute atomic E-state index is 12.6. The van der Waals surface area contributed by atoms with E-state index >= 15 is 0 Å². The number of carbonyl (C=O) groups is 1. The van der Waals surface area contributed by atoms with Crippen molar-refractivity contribution in [3.05, 3.63) is 35.4 Å². The monoisotopic (exact) mass is 401 g/mol. The first kappa shape index (κ1) is 23.2. The van der Waals surface area contributed by atoms with E-state index < -0.39 is 0 Å². The van der Waals surface area contributed by atoms with E-state index in [9.17, 15) is 4.79 Å². The predicted molar refractivity (Wildman–Crippen MR) is 121 cm³/mol. The second-order valence-electron chi connectivity index (χ2n) is 8.23. The van der Waals surface area contributed by atoms with Gasteiger partial charge in [0.25, 0.3) is 0 Å². The van der Waals surface area contributed by atoms with Crippen LogP contribution < -0.4 is 10.6 Å². The average molecular weight is 402 g/mol. The summed E-state index contributed by atoms with van der Waals surface area (Å²) in [5, 5.41) is 6.61. The average Bonchev–Trinajstić information content (AvgIpc) is 2.70. The van der Waals surface area contributed by atoms with Crippen molar-refractivity contribution in [3.8, 4) is 0 Å². The van der Waals surface area contributed by atoms with E-state index in [4.69, 9.17) is 0 Å². The van der Waals surface area contributed by atoms with Crippen molar-refractivity contribution >= 4 is 11.9 Å². The van der Waals surface area contributed by atoms with E-state index in [1.165, 1.54) is 11.1 Å². The van der Waals surface area contributed by atoms with Crippen LogP contribution in [0.1, 0.15) is 52.2 Å². The van der Waals surface area contributed by atoms with Crippen LogP contribution in [0.2, 0.25) is 0 Å². The topological polar surface area (TPSA) is 60.0 Å². The summed E-state index contributed by atoms with van der Waals surface area (Å²) in [5.41, 5.74) is 2.60. The molecule has 2 rings (SSSR count). The Balaban J connectivity index is 1.81. The first-order valence-electron chi connectivity index (χ1n) is 11.0. The van der Waals surface area contributed by atoms with Crippen LogP contribution in [0.3, 0.4) is 0 Å². The number of hydrogen-bond donors (Lipinski definition) is 2. The molecule has 6 heteroatoms. The molecule has 1 aromatic rings. The fourth-order valence-electron chi connectivity index (χ4n) is 3.88. The summed E-state index contributed by atoms with van der Waals surface area (Å²) in [6.45, 7) is 15.3. The number of guanidine groups is 1. The zero-order valence-corrected chi connectivity index (χ0v) is 18.9. The van der Waals surface area contributed by atoms with Crippen LogP contribution in [-0.4, -0.2) is 66.5 Å². The van der Waals surface area contributed by atoms with Gasteiger partial charge in [-0.15, -0.1) is 0 Å². The van der Waals surface area contributed by atoms with Crippen molar-refractivity contribution in [3.63, 3.8) is 0 Å². The number of rotatable bonds is 9. The fourth-order valence-corrected chi connectivity index (χ4v) is 3.88. The molecule has 162 valence electrons. The van der Waals surface area contributed by atoms with E-state index in [0.29, 0.717) is 18.6 Å². The van der Waals surface area contributed by atoms with E-state index in [0.717, 1.165) is 45.0 Å². The standard InChI is InChI=1S/C23H39N5O/c1-6-24-23(25-13-9-14-28(18(2)3)19(4)5)26-16-22(29)27-15-12-20-10-7-8-11-21(20)17-27/h7-8,10-11,18-19H,6,9,12-17H2,1-5H3,(H2,24,25,26). The third kappa shape index (κ3) is 7.35. The molecule has 0 radical (unpaired) electrons. The second-order valence-corrected chi connectivity index (χ2v) is 8.23. The summed E-state index contributed by atoms with van der Waals surface area (Å²) in [6.07, 6.45) is 1.96. The molecule has 0 saturated carbocycles. The molecule has 0 atom stereocenters. The lowest BCUT2D eigenvalue weighted by Crippen LogP contribution is -2.42. The second kappa shape index (κ2) is 11.8. The van der Waals surface area contributed by atoms with Gasteiger partial charge in [0.2, 0.25) is 5.91 Å². The Labute approximate surface area is 176 Å². The summed E-state index contributed by atoms with van der Waals surface area (Å²) in [6, 6.07) is 9.46. The molecule has 0 unspecified atom stereocenters. The van der Waals surface area contributed by atoms with Gasteiger partial charge >= 0.3 is 0 Å². The van der Waals surface area contributed by atoms with Crippen LogP contribution in [0.5, 0.6) is 0 Å². The van der Waals surface area contributed by atoms with E-state index in [1.54, 1.807) is 0 Å². The molecule has 1 heterocycles. The highest BCUT2D eigenvalue weighted by Gasteiger charge is 2.20. The number of aliphatic imine (C=N–C) groups is 1. The predicted octanol–water partition coefficient (Wildman–Crippen LogP) is 2.64. The maximum atomic E-state index is 12.6. The van der Waals surface area contributed by atoms with E-state index in [1.807, 2.05) is 17.9 Å². The number of amides is 1. The number of fused-ring (bicyclic) bond motifs is 1. The molecule has 0 fully saturated rings. The van der Waals surface area contributed by atoms with Crippen molar-refractivity contribution in [2.75, 3.05) is 32.7 Å². The molecule has 0 saturated heterocycles. The quantitative estimate of drug-likeness (QED) is 0.379. The van der Waals surface area contributed by atoms with Crippen LogP contribution in [0.4, 0.5) is 0 Å². The summed E-state index contributed by atoms with van der Waals surface area (Å²) >= 11 is 0. The van der Waals surface area contributed by atoms with E-state index in [-0.39, 0.29) is 12.5 Å². The lowest BCUT2D eigenvalue weighted by atomic mass is 10.00.